The fourth-order valence-corrected chi connectivity index (χ4v) is 2.00. The molecule has 4 N–H and O–H groups in total. The average Bonchev–Trinajstić information content (AvgIpc) is 2.40. The smallest absolute Gasteiger partial charge is 0.251 e. The molecule has 0 heterocycles. The van der Waals surface area contributed by atoms with Gasteiger partial charge in [-0.2, -0.15) is 0 Å². The predicted molar refractivity (Wildman–Crippen MR) is 78.5 cm³/mol. The van der Waals surface area contributed by atoms with Gasteiger partial charge in [0, 0.05) is 23.0 Å². The number of hydrogen-bond acceptors (Lipinski definition) is 3. The Kier molecular flexibility index (Phi) is 6.35. The molecular weight excluding hydrogens is 310 g/mol. The van der Waals surface area contributed by atoms with E-state index in [4.69, 9.17) is 10.9 Å². The lowest BCUT2D eigenvalue weighted by Gasteiger charge is -2.08. The summed E-state index contributed by atoms with van der Waals surface area (Å²) in [6.45, 7) is 2.47. The second kappa shape index (κ2) is 7.78. The van der Waals surface area contributed by atoms with Crippen molar-refractivity contribution in [3.63, 3.8) is 0 Å². The molecular formula is C13H18BrN3O2. The molecule has 0 aromatic heterocycles. The van der Waals surface area contributed by atoms with Crippen LogP contribution in [-0.2, 0) is 0 Å². The zero-order valence-electron chi connectivity index (χ0n) is 10.8. The quantitative estimate of drug-likeness (QED) is 0.246. The number of amides is 1. The van der Waals surface area contributed by atoms with Crippen molar-refractivity contribution in [2.24, 2.45) is 10.9 Å². The first kappa shape index (κ1) is 15.5. The first-order chi connectivity index (χ1) is 9.06. The van der Waals surface area contributed by atoms with Crippen LogP contribution in [0.4, 0.5) is 0 Å². The lowest BCUT2D eigenvalue weighted by Crippen LogP contribution is -2.25. The van der Waals surface area contributed by atoms with E-state index in [0.717, 1.165) is 22.9 Å². The molecule has 0 radical (unpaired) electrons. The van der Waals surface area contributed by atoms with Gasteiger partial charge in [0.05, 0.1) is 0 Å². The molecule has 0 fully saturated rings. The summed E-state index contributed by atoms with van der Waals surface area (Å²) in [6.07, 6.45) is 2.09. The summed E-state index contributed by atoms with van der Waals surface area (Å²) in [7, 11) is 0. The Morgan fingerprint density at radius 2 is 2.21 bits per heavy atom. The summed E-state index contributed by atoms with van der Waals surface area (Å²) in [5.41, 5.74) is 6.95. The highest BCUT2D eigenvalue weighted by atomic mass is 79.9. The molecule has 1 aromatic rings. The summed E-state index contributed by atoms with van der Waals surface area (Å²) in [4.78, 5) is 12.0. The molecule has 0 atom stereocenters. The van der Waals surface area contributed by atoms with Crippen LogP contribution in [0.15, 0.2) is 27.8 Å². The normalized spacial score (nSPS) is 11.4. The first-order valence-electron chi connectivity index (χ1n) is 6.06. The van der Waals surface area contributed by atoms with Gasteiger partial charge in [-0.25, -0.2) is 0 Å². The van der Waals surface area contributed by atoms with Gasteiger partial charge >= 0.3 is 0 Å². The number of benzene rings is 1. The van der Waals surface area contributed by atoms with Crippen LogP contribution in [-0.4, -0.2) is 23.5 Å². The molecule has 1 aromatic carbocycles. The topological polar surface area (TPSA) is 87.7 Å². The van der Waals surface area contributed by atoms with Gasteiger partial charge in [0.25, 0.3) is 5.91 Å². The Morgan fingerprint density at radius 3 is 2.89 bits per heavy atom. The number of carbonyl (C=O) groups is 1. The monoisotopic (exact) mass is 327 g/mol. The van der Waals surface area contributed by atoms with Crippen LogP contribution in [0.1, 0.15) is 35.2 Å². The number of carbonyl (C=O) groups excluding carboxylic acids is 1. The molecule has 5 nitrogen and oxygen atoms in total. The van der Waals surface area contributed by atoms with Crippen LogP contribution in [0.25, 0.3) is 0 Å². The molecule has 0 saturated heterocycles. The van der Waals surface area contributed by atoms with Gasteiger partial charge in [0.15, 0.2) is 0 Å². The fourth-order valence-electron chi connectivity index (χ4n) is 1.63. The van der Waals surface area contributed by atoms with Crippen molar-refractivity contribution in [3.05, 3.63) is 33.8 Å². The number of nitrogens with zero attached hydrogens (tertiary/aromatic N) is 1. The summed E-state index contributed by atoms with van der Waals surface area (Å²) >= 11 is 3.40. The molecule has 0 aliphatic rings. The van der Waals surface area contributed by atoms with Gasteiger partial charge in [-0.3, -0.25) is 4.79 Å². The highest BCUT2D eigenvalue weighted by Crippen LogP contribution is 2.19. The van der Waals surface area contributed by atoms with E-state index in [0.29, 0.717) is 18.5 Å². The summed E-state index contributed by atoms with van der Waals surface area (Å²) < 4.78 is 0.923. The minimum absolute atomic E-state index is 0.0809. The van der Waals surface area contributed by atoms with Crippen molar-refractivity contribution in [2.75, 3.05) is 6.54 Å². The first-order valence-corrected chi connectivity index (χ1v) is 6.85. The van der Waals surface area contributed by atoms with Crippen LogP contribution in [0.2, 0.25) is 0 Å². The lowest BCUT2D eigenvalue weighted by atomic mass is 10.1. The third-order valence-electron chi connectivity index (χ3n) is 2.79. The Balaban J connectivity index is 2.38. The summed E-state index contributed by atoms with van der Waals surface area (Å²) in [6, 6.07) is 5.54. The summed E-state index contributed by atoms with van der Waals surface area (Å²) in [5, 5.41) is 14.1. The van der Waals surface area contributed by atoms with E-state index in [2.05, 4.69) is 26.4 Å². The van der Waals surface area contributed by atoms with E-state index in [1.54, 1.807) is 6.07 Å². The molecule has 1 amide bonds. The van der Waals surface area contributed by atoms with E-state index < -0.39 is 0 Å². The SMILES string of the molecule is Cc1c(Br)cccc1C(=O)NCCCCC(N)=NO. The van der Waals surface area contributed by atoms with Crippen LogP contribution in [0.5, 0.6) is 0 Å². The standard InChI is InChI=1S/C13H18BrN3O2/c1-9-10(5-4-6-11(9)14)13(18)16-8-3-2-7-12(15)17-19/h4-6,19H,2-3,7-8H2,1H3,(H2,15,17)(H,16,18). The number of unbranched alkanes of at least 4 members (excludes halogenated alkanes) is 1. The van der Waals surface area contributed by atoms with Crippen LogP contribution < -0.4 is 11.1 Å². The molecule has 0 aliphatic heterocycles. The van der Waals surface area contributed by atoms with E-state index in [1.165, 1.54) is 0 Å². The van der Waals surface area contributed by atoms with Gasteiger partial charge in [0.2, 0.25) is 0 Å². The predicted octanol–water partition coefficient (Wildman–Crippen LogP) is 2.40. The van der Waals surface area contributed by atoms with Gasteiger partial charge in [-0.15, -0.1) is 0 Å². The maximum Gasteiger partial charge on any atom is 0.251 e. The zero-order chi connectivity index (χ0) is 14.3. The Bertz CT molecular complexity index is 475. The van der Waals surface area contributed by atoms with E-state index in [-0.39, 0.29) is 11.7 Å². The van der Waals surface area contributed by atoms with Crippen molar-refractivity contribution >= 4 is 27.7 Å². The average molecular weight is 328 g/mol. The van der Waals surface area contributed by atoms with E-state index in [9.17, 15) is 4.79 Å². The number of hydrogen-bond donors (Lipinski definition) is 3. The Hall–Kier alpha value is -1.56. The number of amidine groups is 1. The van der Waals surface area contributed by atoms with Crippen molar-refractivity contribution in [1.82, 2.24) is 5.32 Å². The van der Waals surface area contributed by atoms with Gasteiger partial charge < -0.3 is 16.3 Å². The molecule has 1 rings (SSSR count). The van der Waals surface area contributed by atoms with Gasteiger partial charge in [-0.1, -0.05) is 27.2 Å². The van der Waals surface area contributed by atoms with Crippen molar-refractivity contribution in [3.8, 4) is 0 Å². The summed E-state index contributed by atoms with van der Waals surface area (Å²) in [5.74, 6) is 0.136. The largest absolute Gasteiger partial charge is 0.409 e. The third-order valence-corrected chi connectivity index (χ3v) is 3.65. The molecule has 19 heavy (non-hydrogen) atoms. The molecule has 0 spiro atoms. The highest BCUT2D eigenvalue weighted by Gasteiger charge is 2.09. The second-order valence-electron chi connectivity index (χ2n) is 4.22. The fraction of sp³-hybridized carbons (Fsp3) is 0.385. The maximum absolute atomic E-state index is 12.0. The minimum atomic E-state index is -0.0809. The number of nitrogens with one attached hydrogen (secondary N) is 1. The lowest BCUT2D eigenvalue weighted by molar-refractivity contribution is 0.0952. The Morgan fingerprint density at radius 1 is 1.47 bits per heavy atom. The van der Waals surface area contributed by atoms with Crippen LogP contribution >= 0.6 is 15.9 Å². The number of oxime groups is 1. The maximum atomic E-state index is 12.0. The molecule has 104 valence electrons. The molecule has 6 heteroatoms. The van der Waals surface area contributed by atoms with Crippen LogP contribution in [0.3, 0.4) is 0 Å². The zero-order valence-corrected chi connectivity index (χ0v) is 12.4. The van der Waals surface area contributed by atoms with Crippen LogP contribution in [0, 0.1) is 6.92 Å². The van der Waals surface area contributed by atoms with Gasteiger partial charge in [-0.05, 0) is 37.5 Å². The Labute approximate surface area is 121 Å². The molecule has 0 saturated carbocycles. The molecule has 0 bridgehead atoms. The number of halogens is 1. The van der Waals surface area contributed by atoms with E-state index >= 15 is 0 Å². The van der Waals surface area contributed by atoms with E-state index in [1.807, 2.05) is 19.1 Å². The number of nitrogens with two attached hydrogens (primary N) is 1. The van der Waals surface area contributed by atoms with Gasteiger partial charge in [0.1, 0.15) is 5.84 Å². The highest BCUT2D eigenvalue weighted by molar-refractivity contribution is 9.10. The van der Waals surface area contributed by atoms with Crippen molar-refractivity contribution < 1.29 is 10.0 Å². The number of rotatable bonds is 6. The minimum Gasteiger partial charge on any atom is -0.409 e. The van der Waals surface area contributed by atoms with Crippen molar-refractivity contribution in [1.29, 1.82) is 0 Å². The molecule has 0 unspecified atom stereocenters. The second-order valence-corrected chi connectivity index (χ2v) is 5.07. The third kappa shape index (κ3) is 4.90. The molecule has 0 aliphatic carbocycles. The van der Waals surface area contributed by atoms with Crippen molar-refractivity contribution in [2.45, 2.75) is 26.2 Å².